The zero-order chi connectivity index (χ0) is 9.84. The van der Waals surface area contributed by atoms with Crippen molar-refractivity contribution >= 4 is 5.78 Å². The fourth-order valence-corrected chi connectivity index (χ4v) is 1.26. The fourth-order valence-electron chi connectivity index (χ4n) is 1.26. The van der Waals surface area contributed by atoms with Gasteiger partial charge in [0, 0.05) is 0 Å². The van der Waals surface area contributed by atoms with Crippen LogP contribution >= 0.6 is 0 Å². The molecule has 0 heterocycles. The summed E-state index contributed by atoms with van der Waals surface area (Å²) >= 11 is 0. The minimum atomic E-state index is 0.159. The molecule has 0 aliphatic heterocycles. The van der Waals surface area contributed by atoms with Crippen LogP contribution in [0.2, 0.25) is 0 Å². The van der Waals surface area contributed by atoms with Crippen LogP contribution in [0.1, 0.15) is 33.6 Å². The van der Waals surface area contributed by atoms with E-state index in [1.807, 2.05) is 13.0 Å². The fraction of sp³-hybridized carbons (Fsp3) is 0.417. The first-order valence-electron chi connectivity index (χ1n) is 4.65. The quantitative estimate of drug-likeness (QED) is 0.590. The van der Waals surface area contributed by atoms with Gasteiger partial charge in [-0.3, -0.25) is 4.79 Å². The van der Waals surface area contributed by atoms with Gasteiger partial charge in [-0.25, -0.2) is 0 Å². The van der Waals surface area contributed by atoms with Gasteiger partial charge in [0.2, 0.25) is 0 Å². The van der Waals surface area contributed by atoms with E-state index < -0.39 is 0 Å². The first-order valence-corrected chi connectivity index (χ1v) is 4.65. The van der Waals surface area contributed by atoms with Crippen LogP contribution in [-0.4, -0.2) is 5.78 Å². The highest BCUT2D eigenvalue weighted by atomic mass is 16.1. The van der Waals surface area contributed by atoms with E-state index in [0.717, 1.165) is 18.4 Å². The highest BCUT2D eigenvalue weighted by Crippen LogP contribution is 2.19. The Hall–Kier alpha value is -1.11. The number of hydrogen-bond acceptors (Lipinski definition) is 1. The molecule has 70 valence electrons. The molecule has 1 rings (SSSR count). The molecule has 0 atom stereocenters. The third-order valence-electron chi connectivity index (χ3n) is 2.35. The van der Waals surface area contributed by atoms with Crippen molar-refractivity contribution in [2.24, 2.45) is 0 Å². The smallest absolute Gasteiger partial charge is 0.155 e. The van der Waals surface area contributed by atoms with Crippen molar-refractivity contribution in [1.82, 2.24) is 0 Å². The van der Waals surface area contributed by atoms with Crippen molar-refractivity contribution in [2.75, 3.05) is 0 Å². The van der Waals surface area contributed by atoms with E-state index >= 15 is 0 Å². The largest absolute Gasteiger partial charge is 0.295 e. The molecule has 0 saturated heterocycles. The van der Waals surface area contributed by atoms with Crippen LogP contribution in [0, 0.1) is 0 Å². The van der Waals surface area contributed by atoms with Gasteiger partial charge in [-0.15, -0.1) is 0 Å². The summed E-state index contributed by atoms with van der Waals surface area (Å²) in [5, 5.41) is 0. The normalized spacial score (nSPS) is 17.9. The van der Waals surface area contributed by atoms with E-state index in [0.29, 0.717) is 0 Å². The number of hydrogen-bond donors (Lipinski definition) is 0. The summed E-state index contributed by atoms with van der Waals surface area (Å²) in [6.45, 7) is 5.61. The van der Waals surface area contributed by atoms with Crippen LogP contribution in [0.25, 0.3) is 0 Å². The number of allylic oxidation sites excluding steroid dienone is 6. The summed E-state index contributed by atoms with van der Waals surface area (Å²) in [7, 11) is 0. The van der Waals surface area contributed by atoms with Crippen LogP contribution in [0.3, 0.4) is 0 Å². The maximum Gasteiger partial charge on any atom is 0.155 e. The lowest BCUT2D eigenvalue weighted by molar-refractivity contribution is -0.113. The van der Waals surface area contributed by atoms with E-state index in [9.17, 15) is 4.79 Å². The van der Waals surface area contributed by atoms with Gasteiger partial charge in [0.15, 0.2) is 5.78 Å². The zero-order valence-corrected chi connectivity index (χ0v) is 8.55. The van der Waals surface area contributed by atoms with Gasteiger partial charge in [-0.05, 0) is 44.8 Å². The second-order valence-electron chi connectivity index (χ2n) is 3.64. The monoisotopic (exact) mass is 176 g/mol. The summed E-state index contributed by atoms with van der Waals surface area (Å²) in [6.07, 6.45) is 8.40. The number of Topliss-reactive ketones (excluding diaryl/α,β-unsaturated/α-hetero) is 1. The van der Waals surface area contributed by atoms with Crippen LogP contribution in [0.5, 0.6) is 0 Å². The Morgan fingerprint density at radius 2 is 2.00 bits per heavy atom. The third kappa shape index (κ3) is 3.02. The van der Waals surface area contributed by atoms with Gasteiger partial charge < -0.3 is 0 Å². The number of carbonyl (C=O) groups is 1. The molecule has 0 unspecified atom stereocenters. The maximum atomic E-state index is 11.0. The van der Waals surface area contributed by atoms with Crippen LogP contribution in [0.15, 0.2) is 34.9 Å². The Bertz CT molecular complexity index is 303. The topological polar surface area (TPSA) is 17.1 Å². The lowest BCUT2D eigenvalue weighted by Crippen LogP contribution is -1.94. The molecule has 0 aromatic heterocycles. The highest BCUT2D eigenvalue weighted by molar-refractivity contribution is 5.93. The van der Waals surface area contributed by atoms with Crippen LogP contribution in [0.4, 0.5) is 0 Å². The Labute approximate surface area is 79.8 Å². The Balaban J connectivity index is 2.76. The van der Waals surface area contributed by atoms with Crippen molar-refractivity contribution in [3.05, 3.63) is 34.9 Å². The van der Waals surface area contributed by atoms with E-state index in [2.05, 4.69) is 19.1 Å². The van der Waals surface area contributed by atoms with Gasteiger partial charge in [0.25, 0.3) is 0 Å². The molecule has 13 heavy (non-hydrogen) atoms. The minimum Gasteiger partial charge on any atom is -0.295 e. The lowest BCUT2D eigenvalue weighted by atomic mass is 9.97. The van der Waals surface area contributed by atoms with E-state index in [1.54, 1.807) is 6.92 Å². The highest BCUT2D eigenvalue weighted by Gasteiger charge is 2.02. The molecule has 1 heteroatoms. The predicted octanol–water partition coefficient (Wildman–Crippen LogP) is 3.19. The Kier molecular flexibility index (Phi) is 3.24. The van der Waals surface area contributed by atoms with Crippen LogP contribution in [-0.2, 0) is 4.79 Å². The molecule has 1 aliphatic rings. The van der Waals surface area contributed by atoms with Crippen molar-refractivity contribution in [1.29, 1.82) is 0 Å². The molecule has 0 amide bonds. The summed E-state index contributed by atoms with van der Waals surface area (Å²) in [5.41, 5.74) is 3.52. The second kappa shape index (κ2) is 4.22. The summed E-state index contributed by atoms with van der Waals surface area (Å²) in [6, 6.07) is 0. The van der Waals surface area contributed by atoms with E-state index in [-0.39, 0.29) is 5.78 Å². The standard InChI is InChI=1S/C12H16O/c1-9-4-6-12(7-5-9)8-10(2)11(3)13/h4,6,8H,5,7H2,1-3H3/b10-8+. The Morgan fingerprint density at radius 3 is 2.46 bits per heavy atom. The molecule has 0 radical (unpaired) electrons. The molecule has 0 bridgehead atoms. The molecule has 0 saturated carbocycles. The van der Waals surface area contributed by atoms with Gasteiger partial charge in [0.05, 0.1) is 0 Å². The molecule has 0 aromatic carbocycles. The molecule has 0 fully saturated rings. The number of ketones is 1. The zero-order valence-electron chi connectivity index (χ0n) is 8.55. The maximum absolute atomic E-state index is 11.0. The first-order chi connectivity index (χ1) is 6.09. The minimum absolute atomic E-state index is 0.159. The van der Waals surface area contributed by atoms with E-state index in [4.69, 9.17) is 0 Å². The van der Waals surface area contributed by atoms with Crippen molar-refractivity contribution < 1.29 is 4.79 Å². The summed E-state index contributed by atoms with van der Waals surface area (Å²) < 4.78 is 0. The molecule has 0 spiro atoms. The number of carbonyl (C=O) groups excluding carboxylic acids is 1. The van der Waals surface area contributed by atoms with Crippen LogP contribution < -0.4 is 0 Å². The van der Waals surface area contributed by atoms with Gasteiger partial charge in [-0.1, -0.05) is 23.8 Å². The van der Waals surface area contributed by atoms with Gasteiger partial charge in [-0.2, -0.15) is 0 Å². The van der Waals surface area contributed by atoms with Crippen molar-refractivity contribution in [3.8, 4) is 0 Å². The summed E-state index contributed by atoms with van der Waals surface area (Å²) in [4.78, 5) is 11.0. The molecular formula is C12H16O. The van der Waals surface area contributed by atoms with Crippen molar-refractivity contribution in [3.63, 3.8) is 0 Å². The second-order valence-corrected chi connectivity index (χ2v) is 3.64. The molecule has 0 aromatic rings. The number of rotatable bonds is 2. The molecule has 0 N–H and O–H groups in total. The third-order valence-corrected chi connectivity index (χ3v) is 2.35. The predicted molar refractivity (Wildman–Crippen MR) is 55.5 cm³/mol. The molecule has 1 aliphatic carbocycles. The Morgan fingerprint density at radius 1 is 1.31 bits per heavy atom. The van der Waals surface area contributed by atoms with Crippen molar-refractivity contribution in [2.45, 2.75) is 33.6 Å². The van der Waals surface area contributed by atoms with Gasteiger partial charge >= 0.3 is 0 Å². The summed E-state index contributed by atoms with van der Waals surface area (Å²) in [5.74, 6) is 0.159. The average molecular weight is 176 g/mol. The lowest BCUT2D eigenvalue weighted by Gasteiger charge is -2.08. The van der Waals surface area contributed by atoms with Gasteiger partial charge in [0.1, 0.15) is 0 Å². The van der Waals surface area contributed by atoms with E-state index in [1.165, 1.54) is 11.1 Å². The average Bonchev–Trinajstić information content (AvgIpc) is 2.08. The molecule has 1 nitrogen and oxygen atoms in total. The SMILES string of the molecule is CC(=O)/C(C)=C/C1=CC=C(C)CC1. The first kappa shape index (κ1) is 9.97. The molecular weight excluding hydrogens is 160 g/mol.